The van der Waals surface area contributed by atoms with Crippen LogP contribution in [-0.2, 0) is 5.54 Å². The molecule has 0 aliphatic carbocycles. The van der Waals surface area contributed by atoms with Gasteiger partial charge in [-0.15, -0.1) is 6.58 Å². The summed E-state index contributed by atoms with van der Waals surface area (Å²) in [6.07, 6.45) is 6.39. The molecule has 1 atom stereocenters. The first-order valence-electron chi connectivity index (χ1n) is 8.28. The molecule has 0 spiro atoms. The van der Waals surface area contributed by atoms with E-state index in [2.05, 4.69) is 62.1 Å². The van der Waals surface area contributed by atoms with Gasteiger partial charge in [-0.2, -0.15) is 0 Å². The molecule has 0 radical (unpaired) electrons. The first kappa shape index (κ1) is 14.9. The summed E-state index contributed by atoms with van der Waals surface area (Å²) in [6.45, 7) is 6.59. The number of fused-ring (bicyclic) bond motifs is 1. The molecule has 1 fully saturated rings. The highest BCUT2D eigenvalue weighted by molar-refractivity contribution is 5.80. The third-order valence-electron chi connectivity index (χ3n) is 4.75. The molecule has 1 unspecified atom stereocenters. The molecule has 24 heavy (non-hydrogen) atoms. The van der Waals surface area contributed by atoms with Crippen LogP contribution >= 0.6 is 0 Å². The molecule has 0 amide bonds. The summed E-state index contributed by atoms with van der Waals surface area (Å²) in [6, 6.07) is 12.5. The number of nitrogens with zero attached hydrogens (tertiary/aromatic N) is 3. The lowest BCUT2D eigenvalue weighted by Gasteiger charge is -2.46. The average molecular weight is 319 g/mol. The number of hydrogen-bond donors (Lipinski definition) is 2. The van der Waals surface area contributed by atoms with Gasteiger partial charge in [0.25, 0.3) is 0 Å². The van der Waals surface area contributed by atoms with Crippen LogP contribution in [0.25, 0.3) is 10.9 Å². The lowest BCUT2D eigenvalue weighted by Crippen LogP contribution is -2.60. The Morgan fingerprint density at radius 3 is 2.83 bits per heavy atom. The molecular formula is C19H21N5. The molecule has 5 nitrogen and oxygen atoms in total. The zero-order valence-corrected chi connectivity index (χ0v) is 13.6. The predicted molar refractivity (Wildman–Crippen MR) is 97.0 cm³/mol. The van der Waals surface area contributed by atoms with Gasteiger partial charge >= 0.3 is 0 Å². The van der Waals surface area contributed by atoms with E-state index in [9.17, 15) is 0 Å². The molecular weight excluding hydrogens is 298 g/mol. The molecule has 1 aromatic carbocycles. The van der Waals surface area contributed by atoms with Gasteiger partial charge in [0.2, 0.25) is 5.95 Å². The molecule has 3 aromatic rings. The number of hydrogen-bond acceptors (Lipinski definition) is 4. The maximum Gasteiger partial charge on any atom is 0.226 e. The number of rotatable bonds is 4. The maximum absolute atomic E-state index is 4.50. The highest BCUT2D eigenvalue weighted by Crippen LogP contribution is 2.37. The van der Waals surface area contributed by atoms with Crippen molar-refractivity contribution in [1.82, 2.24) is 20.3 Å². The Morgan fingerprint density at radius 1 is 1.21 bits per heavy atom. The molecule has 1 aliphatic heterocycles. The normalized spacial score (nSPS) is 21.1. The van der Waals surface area contributed by atoms with Crippen molar-refractivity contribution in [2.45, 2.75) is 12.0 Å². The Hall–Kier alpha value is -2.66. The van der Waals surface area contributed by atoms with Gasteiger partial charge in [0, 0.05) is 43.2 Å². The highest BCUT2D eigenvalue weighted by atomic mass is 15.3. The number of benzene rings is 1. The van der Waals surface area contributed by atoms with Crippen LogP contribution in [0.1, 0.15) is 12.1 Å². The second-order valence-corrected chi connectivity index (χ2v) is 6.17. The smallest absolute Gasteiger partial charge is 0.226 e. The van der Waals surface area contributed by atoms with Crippen LogP contribution in [-0.4, -0.2) is 34.6 Å². The monoisotopic (exact) mass is 319 g/mol. The summed E-state index contributed by atoms with van der Waals surface area (Å²) >= 11 is 0. The molecule has 5 heteroatoms. The number of aromatic nitrogens is 3. The van der Waals surface area contributed by atoms with Crippen LogP contribution in [0.2, 0.25) is 0 Å². The standard InChI is InChI=1S/C19H21N5/c1-2-8-19(17-13-15-6-3-4-7-16(15)23-17)14-20-11-12-24(19)18-21-9-5-10-22-18/h2-7,9-10,13,20,23H,1,8,11-12,14H2. The van der Waals surface area contributed by atoms with Crippen LogP contribution in [0.5, 0.6) is 0 Å². The van der Waals surface area contributed by atoms with Crippen molar-refractivity contribution in [3.63, 3.8) is 0 Å². The molecule has 2 aromatic heterocycles. The molecule has 0 saturated carbocycles. The fourth-order valence-electron chi connectivity index (χ4n) is 3.61. The first-order valence-corrected chi connectivity index (χ1v) is 8.28. The van der Waals surface area contributed by atoms with Gasteiger partial charge in [-0.05, 0) is 30.0 Å². The summed E-state index contributed by atoms with van der Waals surface area (Å²) in [5.41, 5.74) is 2.05. The van der Waals surface area contributed by atoms with Crippen molar-refractivity contribution in [3.8, 4) is 0 Å². The molecule has 1 saturated heterocycles. The third kappa shape index (κ3) is 2.37. The average Bonchev–Trinajstić information content (AvgIpc) is 3.08. The summed E-state index contributed by atoms with van der Waals surface area (Å²) < 4.78 is 0. The highest BCUT2D eigenvalue weighted by Gasteiger charge is 2.42. The minimum absolute atomic E-state index is 0.264. The van der Waals surface area contributed by atoms with Gasteiger partial charge in [0.05, 0.1) is 5.54 Å². The summed E-state index contributed by atoms with van der Waals surface area (Å²) in [4.78, 5) is 14.9. The Labute approximate surface area is 141 Å². The predicted octanol–water partition coefficient (Wildman–Crippen LogP) is 2.84. The largest absolute Gasteiger partial charge is 0.356 e. The number of aromatic amines is 1. The van der Waals surface area contributed by atoms with Gasteiger partial charge in [-0.1, -0.05) is 24.3 Å². The minimum Gasteiger partial charge on any atom is -0.356 e. The van der Waals surface area contributed by atoms with E-state index in [1.165, 1.54) is 11.1 Å². The Morgan fingerprint density at radius 2 is 2.04 bits per heavy atom. The van der Waals surface area contributed by atoms with E-state index < -0.39 is 0 Å². The summed E-state index contributed by atoms with van der Waals surface area (Å²) in [5, 5.41) is 4.76. The van der Waals surface area contributed by atoms with E-state index in [0.717, 1.165) is 37.5 Å². The van der Waals surface area contributed by atoms with Crippen LogP contribution in [0.3, 0.4) is 0 Å². The van der Waals surface area contributed by atoms with E-state index in [0.29, 0.717) is 0 Å². The van der Waals surface area contributed by atoms with Crippen molar-refractivity contribution in [2.75, 3.05) is 24.5 Å². The van der Waals surface area contributed by atoms with Gasteiger partial charge in [-0.3, -0.25) is 0 Å². The lowest BCUT2D eigenvalue weighted by molar-refractivity contribution is 0.324. The molecule has 2 N–H and O–H groups in total. The second-order valence-electron chi connectivity index (χ2n) is 6.17. The molecule has 122 valence electrons. The topological polar surface area (TPSA) is 56.8 Å². The van der Waals surface area contributed by atoms with Gasteiger partial charge in [0.1, 0.15) is 0 Å². The van der Waals surface area contributed by atoms with Crippen molar-refractivity contribution in [2.24, 2.45) is 0 Å². The number of anilines is 1. The Balaban J connectivity index is 1.87. The van der Waals surface area contributed by atoms with E-state index in [4.69, 9.17) is 0 Å². The van der Waals surface area contributed by atoms with Gasteiger partial charge < -0.3 is 15.2 Å². The van der Waals surface area contributed by atoms with E-state index in [1.807, 2.05) is 12.1 Å². The quantitative estimate of drug-likeness (QED) is 0.726. The van der Waals surface area contributed by atoms with Crippen LogP contribution in [0.4, 0.5) is 5.95 Å². The number of para-hydroxylation sites is 1. The summed E-state index contributed by atoms with van der Waals surface area (Å²) in [5.74, 6) is 0.763. The van der Waals surface area contributed by atoms with E-state index in [-0.39, 0.29) is 5.54 Å². The summed E-state index contributed by atoms with van der Waals surface area (Å²) in [7, 11) is 0. The zero-order chi connectivity index (χ0) is 16.4. The first-order chi connectivity index (χ1) is 11.8. The van der Waals surface area contributed by atoms with E-state index in [1.54, 1.807) is 12.4 Å². The van der Waals surface area contributed by atoms with Crippen LogP contribution in [0, 0.1) is 0 Å². The van der Waals surface area contributed by atoms with Crippen molar-refractivity contribution in [3.05, 3.63) is 67.1 Å². The number of H-pyrrole nitrogens is 1. The van der Waals surface area contributed by atoms with Crippen molar-refractivity contribution in [1.29, 1.82) is 0 Å². The Kier molecular flexibility index (Phi) is 3.78. The number of nitrogens with one attached hydrogen (secondary N) is 2. The zero-order valence-electron chi connectivity index (χ0n) is 13.6. The minimum atomic E-state index is -0.264. The lowest BCUT2D eigenvalue weighted by atomic mass is 9.87. The molecule has 4 rings (SSSR count). The van der Waals surface area contributed by atoms with Gasteiger partial charge in [0.15, 0.2) is 0 Å². The van der Waals surface area contributed by atoms with Gasteiger partial charge in [-0.25, -0.2) is 9.97 Å². The number of piperazine rings is 1. The van der Waals surface area contributed by atoms with Crippen LogP contribution in [0.15, 0.2) is 61.4 Å². The molecule has 0 bridgehead atoms. The fraction of sp³-hybridized carbons (Fsp3) is 0.263. The van der Waals surface area contributed by atoms with E-state index >= 15 is 0 Å². The second kappa shape index (κ2) is 6.09. The maximum atomic E-state index is 4.50. The third-order valence-corrected chi connectivity index (χ3v) is 4.75. The SMILES string of the molecule is C=CCC1(c2cc3ccccc3[nH]2)CNCCN1c1ncccn1. The van der Waals surface area contributed by atoms with Crippen LogP contribution < -0.4 is 10.2 Å². The molecule has 3 heterocycles. The Bertz CT molecular complexity index is 808. The van der Waals surface area contributed by atoms with Crippen molar-refractivity contribution >= 4 is 16.9 Å². The molecule has 1 aliphatic rings. The van der Waals surface area contributed by atoms with Crippen molar-refractivity contribution < 1.29 is 0 Å². The fourth-order valence-corrected chi connectivity index (χ4v) is 3.61.